The maximum Gasteiger partial charge on any atom is 0.251 e. The van der Waals surface area contributed by atoms with E-state index in [9.17, 15) is 4.79 Å². The molecule has 0 fully saturated rings. The molecule has 0 spiro atoms. The molecule has 1 aromatic heterocycles. The van der Waals surface area contributed by atoms with E-state index in [-0.39, 0.29) is 11.9 Å². The highest BCUT2D eigenvalue weighted by molar-refractivity contribution is 7.98. The van der Waals surface area contributed by atoms with E-state index in [1.807, 2.05) is 48.5 Å². The van der Waals surface area contributed by atoms with Crippen LogP contribution in [0.4, 0.5) is 0 Å². The molecule has 1 heterocycles. The molecule has 0 aliphatic carbocycles. The SMILES string of the molecule is CCCn1c(C(CCSC)NC(=O)c2ccccc2)nc2ccccc21. The van der Waals surface area contributed by atoms with Crippen LogP contribution in [0.2, 0.25) is 0 Å². The first kappa shape index (κ1) is 18.5. The summed E-state index contributed by atoms with van der Waals surface area (Å²) in [5.41, 5.74) is 2.80. The van der Waals surface area contributed by atoms with Crippen LogP contribution in [0.25, 0.3) is 11.0 Å². The van der Waals surface area contributed by atoms with Crippen LogP contribution < -0.4 is 5.32 Å². The second kappa shape index (κ2) is 8.90. The van der Waals surface area contributed by atoms with Crippen molar-refractivity contribution in [3.8, 4) is 0 Å². The minimum absolute atomic E-state index is 0.0493. The predicted molar refractivity (Wildman–Crippen MR) is 110 cm³/mol. The standard InChI is InChI=1S/C21H25N3OS/c1-3-14-24-19-12-8-7-11-17(19)22-20(24)18(13-15-26-2)23-21(25)16-9-5-4-6-10-16/h4-12,18H,3,13-15H2,1-2H3,(H,23,25). The maximum atomic E-state index is 12.7. The van der Waals surface area contributed by atoms with Gasteiger partial charge in [-0.25, -0.2) is 4.98 Å². The molecule has 2 aromatic carbocycles. The van der Waals surface area contributed by atoms with Gasteiger partial charge in [-0.1, -0.05) is 37.3 Å². The van der Waals surface area contributed by atoms with Gasteiger partial charge in [-0.05, 0) is 49.1 Å². The molecule has 1 unspecified atom stereocenters. The molecule has 5 heteroatoms. The molecule has 26 heavy (non-hydrogen) atoms. The van der Waals surface area contributed by atoms with Crippen LogP contribution in [0.5, 0.6) is 0 Å². The third-order valence-electron chi connectivity index (χ3n) is 4.39. The summed E-state index contributed by atoms with van der Waals surface area (Å²) in [6.07, 6.45) is 3.97. The highest BCUT2D eigenvalue weighted by atomic mass is 32.2. The zero-order valence-corrected chi connectivity index (χ0v) is 16.1. The average Bonchev–Trinajstić information content (AvgIpc) is 3.04. The van der Waals surface area contributed by atoms with Crippen LogP contribution in [-0.4, -0.2) is 27.5 Å². The largest absolute Gasteiger partial charge is 0.342 e. The summed E-state index contributed by atoms with van der Waals surface area (Å²) in [6, 6.07) is 17.5. The Morgan fingerprint density at radius 1 is 1.15 bits per heavy atom. The topological polar surface area (TPSA) is 46.9 Å². The molecule has 1 amide bonds. The number of carbonyl (C=O) groups excluding carboxylic acids is 1. The molecule has 4 nitrogen and oxygen atoms in total. The van der Waals surface area contributed by atoms with Gasteiger partial charge in [-0.3, -0.25) is 4.79 Å². The second-order valence-electron chi connectivity index (χ2n) is 6.28. The number of nitrogens with zero attached hydrogens (tertiary/aromatic N) is 2. The van der Waals surface area contributed by atoms with E-state index >= 15 is 0 Å². The normalized spacial score (nSPS) is 12.2. The van der Waals surface area contributed by atoms with Crippen molar-refractivity contribution in [1.29, 1.82) is 0 Å². The lowest BCUT2D eigenvalue weighted by Crippen LogP contribution is -2.31. The number of imidazole rings is 1. The number of thioether (sulfide) groups is 1. The van der Waals surface area contributed by atoms with Crippen LogP contribution in [0.1, 0.15) is 42.0 Å². The number of hydrogen-bond donors (Lipinski definition) is 1. The molecule has 1 atom stereocenters. The Bertz CT molecular complexity index is 860. The molecule has 0 aliphatic rings. The zero-order valence-electron chi connectivity index (χ0n) is 15.3. The van der Waals surface area contributed by atoms with E-state index in [0.717, 1.165) is 42.0 Å². The van der Waals surface area contributed by atoms with Gasteiger partial charge in [0.1, 0.15) is 5.82 Å². The number of aromatic nitrogens is 2. The van der Waals surface area contributed by atoms with E-state index < -0.39 is 0 Å². The average molecular weight is 368 g/mol. The molecule has 0 radical (unpaired) electrons. The molecular weight excluding hydrogens is 342 g/mol. The summed E-state index contributed by atoms with van der Waals surface area (Å²) in [6.45, 7) is 3.06. The van der Waals surface area contributed by atoms with Gasteiger partial charge in [-0.2, -0.15) is 11.8 Å². The van der Waals surface area contributed by atoms with E-state index in [2.05, 4.69) is 29.1 Å². The van der Waals surface area contributed by atoms with Crippen molar-refractivity contribution in [2.75, 3.05) is 12.0 Å². The number of amides is 1. The fourth-order valence-corrected chi connectivity index (χ4v) is 3.62. The molecule has 136 valence electrons. The quantitative estimate of drug-likeness (QED) is 0.629. The van der Waals surface area contributed by atoms with Gasteiger partial charge in [0.2, 0.25) is 0 Å². The highest BCUT2D eigenvalue weighted by Crippen LogP contribution is 2.25. The van der Waals surface area contributed by atoms with Crippen molar-refractivity contribution >= 4 is 28.7 Å². The Morgan fingerprint density at radius 3 is 2.62 bits per heavy atom. The minimum atomic E-state index is -0.103. The number of nitrogens with one attached hydrogen (secondary N) is 1. The third-order valence-corrected chi connectivity index (χ3v) is 5.04. The van der Waals surface area contributed by atoms with Crippen molar-refractivity contribution in [2.45, 2.75) is 32.4 Å². The third kappa shape index (κ3) is 4.10. The summed E-state index contributed by atoms with van der Waals surface area (Å²) >= 11 is 1.79. The van der Waals surface area contributed by atoms with Crippen LogP contribution in [0.3, 0.4) is 0 Å². The van der Waals surface area contributed by atoms with Crippen LogP contribution in [0, 0.1) is 0 Å². The Balaban J connectivity index is 1.95. The lowest BCUT2D eigenvalue weighted by molar-refractivity contribution is 0.0933. The summed E-state index contributed by atoms with van der Waals surface area (Å²) < 4.78 is 2.26. The van der Waals surface area contributed by atoms with Gasteiger partial charge in [0.25, 0.3) is 5.91 Å². The number of rotatable bonds is 8. The molecule has 3 aromatic rings. The van der Waals surface area contributed by atoms with Crippen molar-refractivity contribution in [3.63, 3.8) is 0 Å². The fraction of sp³-hybridized carbons (Fsp3) is 0.333. The van der Waals surface area contributed by atoms with Crippen LogP contribution in [0.15, 0.2) is 54.6 Å². The van der Waals surface area contributed by atoms with Crippen molar-refractivity contribution < 1.29 is 4.79 Å². The Hall–Kier alpha value is -2.27. The molecule has 1 N–H and O–H groups in total. The summed E-state index contributed by atoms with van der Waals surface area (Å²) in [5, 5.41) is 3.21. The number of hydrogen-bond acceptors (Lipinski definition) is 3. The molecule has 0 saturated heterocycles. The fourth-order valence-electron chi connectivity index (χ4n) is 3.15. The van der Waals surface area contributed by atoms with Gasteiger partial charge >= 0.3 is 0 Å². The molecular formula is C21H25N3OS. The molecule has 3 rings (SSSR count). The number of aryl methyl sites for hydroxylation is 1. The highest BCUT2D eigenvalue weighted by Gasteiger charge is 2.22. The van der Waals surface area contributed by atoms with Crippen LogP contribution in [-0.2, 0) is 6.54 Å². The van der Waals surface area contributed by atoms with Crippen molar-refractivity contribution in [1.82, 2.24) is 14.9 Å². The number of carbonyl (C=O) groups is 1. The Morgan fingerprint density at radius 2 is 1.88 bits per heavy atom. The zero-order chi connectivity index (χ0) is 18.4. The van der Waals surface area contributed by atoms with Crippen molar-refractivity contribution in [3.05, 3.63) is 66.0 Å². The first-order valence-electron chi connectivity index (χ1n) is 9.04. The van der Waals surface area contributed by atoms with Crippen molar-refractivity contribution in [2.24, 2.45) is 0 Å². The monoisotopic (exact) mass is 367 g/mol. The first-order valence-corrected chi connectivity index (χ1v) is 10.4. The summed E-state index contributed by atoms with van der Waals surface area (Å²) in [5.74, 6) is 1.87. The summed E-state index contributed by atoms with van der Waals surface area (Å²) in [4.78, 5) is 17.6. The van der Waals surface area contributed by atoms with Crippen LogP contribution >= 0.6 is 11.8 Å². The molecule has 0 aliphatic heterocycles. The molecule has 0 saturated carbocycles. The number of benzene rings is 2. The van der Waals surface area contributed by atoms with Gasteiger partial charge in [0.15, 0.2) is 0 Å². The van der Waals surface area contributed by atoms with Gasteiger partial charge in [-0.15, -0.1) is 0 Å². The smallest absolute Gasteiger partial charge is 0.251 e. The predicted octanol–water partition coefficient (Wildman–Crippen LogP) is 4.67. The Labute approximate surface area is 159 Å². The Kier molecular flexibility index (Phi) is 6.34. The molecule has 0 bridgehead atoms. The second-order valence-corrected chi connectivity index (χ2v) is 7.27. The number of fused-ring (bicyclic) bond motifs is 1. The first-order chi connectivity index (χ1) is 12.7. The lowest BCUT2D eigenvalue weighted by Gasteiger charge is -2.20. The maximum absolute atomic E-state index is 12.7. The lowest BCUT2D eigenvalue weighted by atomic mass is 10.1. The van der Waals surface area contributed by atoms with E-state index in [0.29, 0.717) is 5.56 Å². The summed E-state index contributed by atoms with van der Waals surface area (Å²) in [7, 11) is 0. The van der Waals surface area contributed by atoms with E-state index in [1.165, 1.54) is 0 Å². The van der Waals surface area contributed by atoms with Gasteiger partial charge < -0.3 is 9.88 Å². The van der Waals surface area contributed by atoms with Gasteiger partial charge in [0.05, 0.1) is 17.1 Å². The van der Waals surface area contributed by atoms with E-state index in [1.54, 1.807) is 11.8 Å². The number of para-hydroxylation sites is 2. The van der Waals surface area contributed by atoms with E-state index in [4.69, 9.17) is 4.98 Å². The van der Waals surface area contributed by atoms with Gasteiger partial charge in [0, 0.05) is 12.1 Å². The minimum Gasteiger partial charge on any atom is -0.342 e.